The molecule has 1 heterocycles. The van der Waals surface area contributed by atoms with Crippen molar-refractivity contribution in [2.24, 2.45) is 0 Å². The molecular formula is C10H17N3O3S. The molecule has 1 aliphatic carbocycles. The Bertz CT molecular complexity index is 449. The third-order valence-electron chi connectivity index (χ3n) is 3.14. The molecule has 1 aromatic heterocycles. The first-order valence-electron chi connectivity index (χ1n) is 5.72. The number of H-pyrrole nitrogens is 1. The molecule has 0 aromatic carbocycles. The second-order valence-electron chi connectivity index (χ2n) is 4.53. The Hall–Kier alpha value is -0.920. The normalized spacial score (nSPS) is 20.3. The molecule has 6 nitrogen and oxygen atoms in total. The fourth-order valence-corrected chi connectivity index (χ4v) is 3.11. The van der Waals surface area contributed by atoms with Gasteiger partial charge in [0.1, 0.15) is 0 Å². The van der Waals surface area contributed by atoms with E-state index < -0.39 is 15.6 Å². The van der Waals surface area contributed by atoms with Gasteiger partial charge in [0.15, 0.2) is 5.03 Å². The maximum atomic E-state index is 11.8. The van der Waals surface area contributed by atoms with Crippen molar-refractivity contribution in [3.05, 3.63) is 12.5 Å². The Morgan fingerprint density at radius 3 is 2.71 bits per heavy atom. The lowest BCUT2D eigenvalue weighted by molar-refractivity contribution is 0.00944. The van der Waals surface area contributed by atoms with Gasteiger partial charge in [-0.15, -0.1) is 0 Å². The molecule has 0 amide bonds. The Morgan fingerprint density at radius 2 is 2.12 bits per heavy atom. The second-order valence-corrected chi connectivity index (χ2v) is 6.26. The molecule has 17 heavy (non-hydrogen) atoms. The lowest BCUT2D eigenvalue weighted by Gasteiger charge is -2.31. The zero-order valence-electron chi connectivity index (χ0n) is 9.52. The lowest BCUT2D eigenvalue weighted by Crippen LogP contribution is -2.44. The summed E-state index contributed by atoms with van der Waals surface area (Å²) in [6.07, 6.45) is 6.86. The van der Waals surface area contributed by atoms with Crippen LogP contribution in [0.3, 0.4) is 0 Å². The van der Waals surface area contributed by atoms with Gasteiger partial charge in [0.2, 0.25) is 0 Å². The summed E-state index contributed by atoms with van der Waals surface area (Å²) in [5.41, 5.74) is -0.897. The van der Waals surface area contributed by atoms with Gasteiger partial charge in [0.05, 0.1) is 18.1 Å². The van der Waals surface area contributed by atoms with Crippen LogP contribution in [-0.4, -0.2) is 35.6 Å². The first-order chi connectivity index (χ1) is 8.02. The summed E-state index contributed by atoms with van der Waals surface area (Å²) in [5.74, 6) is 0. The van der Waals surface area contributed by atoms with Crippen LogP contribution in [0, 0.1) is 0 Å². The average Bonchev–Trinajstić information content (AvgIpc) is 2.82. The number of sulfonamides is 1. The van der Waals surface area contributed by atoms with Crippen LogP contribution < -0.4 is 4.72 Å². The zero-order chi connectivity index (χ0) is 12.4. The van der Waals surface area contributed by atoms with E-state index in [1.165, 1.54) is 12.5 Å². The fourth-order valence-electron chi connectivity index (χ4n) is 2.08. The molecule has 1 aromatic rings. The van der Waals surface area contributed by atoms with Crippen LogP contribution in [0.2, 0.25) is 0 Å². The van der Waals surface area contributed by atoms with E-state index in [1.807, 2.05) is 0 Å². The fraction of sp³-hybridized carbons (Fsp3) is 0.700. The molecule has 0 aliphatic heterocycles. The molecule has 0 spiro atoms. The van der Waals surface area contributed by atoms with Gasteiger partial charge in [0, 0.05) is 6.54 Å². The monoisotopic (exact) mass is 259 g/mol. The van der Waals surface area contributed by atoms with Crippen LogP contribution in [0.1, 0.15) is 32.1 Å². The Balaban J connectivity index is 1.98. The van der Waals surface area contributed by atoms with Gasteiger partial charge in [-0.2, -0.15) is 0 Å². The van der Waals surface area contributed by atoms with Gasteiger partial charge < -0.3 is 10.1 Å². The van der Waals surface area contributed by atoms with Gasteiger partial charge in [-0.25, -0.2) is 18.1 Å². The third-order valence-corrected chi connectivity index (χ3v) is 4.46. The minimum Gasteiger partial charge on any atom is -0.389 e. The van der Waals surface area contributed by atoms with Crippen LogP contribution >= 0.6 is 0 Å². The van der Waals surface area contributed by atoms with Crippen molar-refractivity contribution >= 4 is 10.0 Å². The van der Waals surface area contributed by atoms with Crippen molar-refractivity contribution in [1.82, 2.24) is 14.7 Å². The number of hydrogen-bond acceptors (Lipinski definition) is 4. The van der Waals surface area contributed by atoms with Gasteiger partial charge in [0.25, 0.3) is 10.0 Å². The summed E-state index contributed by atoms with van der Waals surface area (Å²) < 4.78 is 26.0. The molecule has 96 valence electrons. The molecule has 1 saturated carbocycles. The van der Waals surface area contributed by atoms with Crippen molar-refractivity contribution in [1.29, 1.82) is 0 Å². The number of imidazole rings is 1. The Morgan fingerprint density at radius 1 is 1.41 bits per heavy atom. The predicted octanol–water partition coefficient (Wildman–Crippen LogP) is 0.383. The maximum Gasteiger partial charge on any atom is 0.257 e. The molecule has 0 radical (unpaired) electrons. The molecule has 0 bridgehead atoms. The van der Waals surface area contributed by atoms with Crippen molar-refractivity contribution in [2.75, 3.05) is 6.54 Å². The van der Waals surface area contributed by atoms with Crippen LogP contribution in [0.15, 0.2) is 17.6 Å². The molecule has 0 atom stereocenters. The minimum atomic E-state index is -3.58. The number of aromatic nitrogens is 2. The quantitative estimate of drug-likeness (QED) is 0.728. The number of rotatable bonds is 4. The Labute approximate surface area is 101 Å². The molecule has 3 N–H and O–H groups in total. The highest BCUT2D eigenvalue weighted by atomic mass is 32.2. The van der Waals surface area contributed by atoms with Gasteiger partial charge in [-0.05, 0) is 12.8 Å². The second kappa shape index (κ2) is 4.75. The van der Waals surface area contributed by atoms with Crippen molar-refractivity contribution in [3.63, 3.8) is 0 Å². The third kappa shape index (κ3) is 3.05. The summed E-state index contributed by atoms with van der Waals surface area (Å²) in [6, 6.07) is 0. The summed E-state index contributed by atoms with van der Waals surface area (Å²) >= 11 is 0. The van der Waals surface area contributed by atoms with E-state index >= 15 is 0 Å². The van der Waals surface area contributed by atoms with Gasteiger partial charge in [-0.1, -0.05) is 19.3 Å². The van der Waals surface area contributed by atoms with Crippen LogP contribution in [0.5, 0.6) is 0 Å². The van der Waals surface area contributed by atoms with Gasteiger partial charge >= 0.3 is 0 Å². The molecule has 1 aliphatic rings. The topological polar surface area (TPSA) is 95.1 Å². The molecule has 0 saturated heterocycles. The number of nitrogens with one attached hydrogen (secondary N) is 2. The zero-order valence-corrected chi connectivity index (χ0v) is 10.3. The van der Waals surface area contributed by atoms with Crippen LogP contribution in [-0.2, 0) is 10.0 Å². The number of aromatic amines is 1. The van der Waals surface area contributed by atoms with E-state index in [0.717, 1.165) is 19.3 Å². The van der Waals surface area contributed by atoms with Crippen molar-refractivity contribution in [2.45, 2.75) is 42.7 Å². The van der Waals surface area contributed by atoms with E-state index in [1.54, 1.807) is 0 Å². The number of aliphatic hydroxyl groups is 1. The largest absolute Gasteiger partial charge is 0.389 e. The Kier molecular flexibility index (Phi) is 3.50. The molecule has 2 rings (SSSR count). The van der Waals surface area contributed by atoms with E-state index in [2.05, 4.69) is 14.7 Å². The minimum absolute atomic E-state index is 0.0249. The van der Waals surface area contributed by atoms with Gasteiger partial charge in [-0.3, -0.25) is 0 Å². The highest BCUT2D eigenvalue weighted by Gasteiger charge is 2.31. The molecule has 7 heteroatoms. The van der Waals surface area contributed by atoms with Crippen LogP contribution in [0.25, 0.3) is 0 Å². The first-order valence-corrected chi connectivity index (χ1v) is 7.21. The molecule has 1 fully saturated rings. The highest BCUT2D eigenvalue weighted by Crippen LogP contribution is 2.27. The summed E-state index contributed by atoms with van der Waals surface area (Å²) in [7, 11) is -3.58. The van der Waals surface area contributed by atoms with Crippen LogP contribution in [0.4, 0.5) is 0 Å². The maximum absolute atomic E-state index is 11.8. The average molecular weight is 259 g/mol. The predicted molar refractivity (Wildman–Crippen MR) is 61.8 cm³/mol. The summed E-state index contributed by atoms with van der Waals surface area (Å²) in [4.78, 5) is 6.20. The van der Waals surface area contributed by atoms with Crippen molar-refractivity contribution in [3.8, 4) is 0 Å². The highest BCUT2D eigenvalue weighted by molar-refractivity contribution is 7.89. The lowest BCUT2D eigenvalue weighted by atomic mass is 9.85. The first kappa shape index (κ1) is 12.5. The standard InChI is InChI=1S/C10H17N3O3S/c14-10(4-2-1-3-5-10)7-13-17(15,16)9-6-11-8-12-9/h6,8,13-14H,1-5,7H2,(H,11,12). The van der Waals surface area contributed by atoms with Crippen molar-refractivity contribution < 1.29 is 13.5 Å². The summed E-state index contributed by atoms with van der Waals surface area (Å²) in [6.45, 7) is 0.0638. The van der Waals surface area contributed by atoms with E-state index in [0.29, 0.717) is 12.8 Å². The molecule has 0 unspecified atom stereocenters. The van der Waals surface area contributed by atoms with E-state index in [9.17, 15) is 13.5 Å². The summed E-state index contributed by atoms with van der Waals surface area (Å²) in [5, 5.41) is 10.2. The molecular weight excluding hydrogens is 242 g/mol. The van der Waals surface area contributed by atoms with E-state index in [4.69, 9.17) is 0 Å². The number of hydrogen-bond donors (Lipinski definition) is 3. The van der Waals surface area contributed by atoms with E-state index in [-0.39, 0.29) is 11.6 Å². The number of nitrogens with zero attached hydrogens (tertiary/aromatic N) is 1. The SMILES string of the molecule is O=S(=O)(NCC1(O)CCCCC1)c1cnc[nH]1. The smallest absolute Gasteiger partial charge is 0.257 e.